The first-order valence-electron chi connectivity index (χ1n) is 11.6. The predicted molar refractivity (Wildman–Crippen MR) is 127 cm³/mol. The van der Waals surface area contributed by atoms with Crippen LogP contribution in [0.4, 0.5) is 0 Å². The van der Waals surface area contributed by atoms with E-state index in [-0.39, 0.29) is 11.8 Å². The molecule has 3 heterocycles. The van der Waals surface area contributed by atoms with Crippen molar-refractivity contribution in [1.82, 2.24) is 24.1 Å². The van der Waals surface area contributed by atoms with E-state index in [0.29, 0.717) is 6.04 Å². The number of nitrogens with zero attached hydrogens (tertiary/aromatic N) is 5. The second kappa shape index (κ2) is 8.83. The van der Waals surface area contributed by atoms with Crippen LogP contribution in [0, 0.1) is 0 Å². The van der Waals surface area contributed by atoms with Crippen LogP contribution in [-0.4, -0.2) is 75.2 Å². The van der Waals surface area contributed by atoms with E-state index < -0.39 is 0 Å². The van der Waals surface area contributed by atoms with Gasteiger partial charge in [-0.05, 0) is 30.5 Å². The first-order chi connectivity index (χ1) is 15.5. The number of amides is 2. The molecule has 2 aromatic heterocycles. The minimum absolute atomic E-state index is 0.111. The molecule has 2 amide bonds. The molecule has 0 bridgehead atoms. The fourth-order valence-electron chi connectivity index (χ4n) is 5.04. The fourth-order valence-corrected chi connectivity index (χ4v) is 6.02. The summed E-state index contributed by atoms with van der Waals surface area (Å²) in [5.74, 6) is 0.268. The Balaban J connectivity index is 1.34. The maximum Gasteiger partial charge on any atom is 0.265 e. The first-order valence-corrected chi connectivity index (χ1v) is 12.5. The number of benzene rings is 1. The minimum Gasteiger partial charge on any atom is -0.340 e. The van der Waals surface area contributed by atoms with Gasteiger partial charge in [0.1, 0.15) is 4.88 Å². The van der Waals surface area contributed by atoms with Crippen molar-refractivity contribution in [2.24, 2.45) is 0 Å². The van der Waals surface area contributed by atoms with Crippen LogP contribution in [0.5, 0.6) is 0 Å². The Morgan fingerprint density at radius 2 is 1.88 bits per heavy atom. The summed E-state index contributed by atoms with van der Waals surface area (Å²) in [5.41, 5.74) is 3.24. The second-order valence-corrected chi connectivity index (χ2v) is 10.2. The molecule has 1 aromatic carbocycles. The molecule has 1 aliphatic carbocycles. The van der Waals surface area contributed by atoms with E-state index in [4.69, 9.17) is 4.98 Å². The number of piperazine rings is 1. The lowest BCUT2D eigenvalue weighted by atomic mass is 9.94. The van der Waals surface area contributed by atoms with E-state index in [0.717, 1.165) is 66.4 Å². The maximum atomic E-state index is 13.1. The number of hydrogen-bond donors (Lipinski definition) is 0. The average molecular weight is 454 g/mol. The smallest absolute Gasteiger partial charge is 0.265 e. The zero-order chi connectivity index (χ0) is 22.2. The van der Waals surface area contributed by atoms with Crippen LogP contribution in [0.3, 0.4) is 0 Å². The summed E-state index contributed by atoms with van der Waals surface area (Å²) in [5, 5.41) is 0. The van der Waals surface area contributed by atoms with Crippen LogP contribution in [0.15, 0.2) is 24.4 Å². The third-order valence-electron chi connectivity index (χ3n) is 7.05. The first kappa shape index (κ1) is 21.4. The topological polar surface area (TPSA) is 61.2 Å². The van der Waals surface area contributed by atoms with Gasteiger partial charge in [0.15, 0.2) is 4.96 Å². The number of imidazole rings is 1. The molecule has 0 N–H and O–H groups in total. The molecular weight excluding hydrogens is 422 g/mol. The fraction of sp³-hybridized carbons (Fsp3) is 0.542. The third-order valence-corrected chi connectivity index (χ3v) is 8.02. The van der Waals surface area contributed by atoms with Crippen molar-refractivity contribution in [3.63, 3.8) is 0 Å². The highest BCUT2D eigenvalue weighted by molar-refractivity contribution is 7.18. The van der Waals surface area contributed by atoms with Gasteiger partial charge in [0.05, 0.1) is 11.0 Å². The van der Waals surface area contributed by atoms with E-state index in [1.54, 1.807) is 6.92 Å². The van der Waals surface area contributed by atoms with Gasteiger partial charge in [-0.25, -0.2) is 4.98 Å². The standard InChI is InChI=1S/C24H31N5O2S/c1-17(30)28-12-10-27(11-13-28)15-18-8-9-20-21(14-18)29-16-22(32-24(29)25-20)23(31)26(2)19-6-4-3-5-7-19/h8-9,14,16,19H,3-7,10-13,15H2,1-2H3. The molecule has 0 unspecified atom stereocenters. The Hall–Kier alpha value is -2.45. The highest BCUT2D eigenvalue weighted by Gasteiger charge is 2.25. The number of hydrogen-bond acceptors (Lipinski definition) is 5. The zero-order valence-corrected chi connectivity index (χ0v) is 19.7. The number of aromatic nitrogens is 2. The summed E-state index contributed by atoms with van der Waals surface area (Å²) in [6, 6.07) is 6.77. The largest absolute Gasteiger partial charge is 0.340 e. The van der Waals surface area contributed by atoms with E-state index in [2.05, 4.69) is 27.5 Å². The molecule has 2 aliphatic rings. The van der Waals surface area contributed by atoms with Gasteiger partial charge in [-0.1, -0.05) is 36.7 Å². The molecule has 1 saturated heterocycles. The molecule has 5 rings (SSSR count). The lowest BCUT2D eigenvalue weighted by Crippen LogP contribution is -2.47. The highest BCUT2D eigenvalue weighted by Crippen LogP contribution is 2.28. The summed E-state index contributed by atoms with van der Waals surface area (Å²) < 4.78 is 2.07. The number of fused-ring (bicyclic) bond motifs is 3. The second-order valence-electron chi connectivity index (χ2n) is 9.17. The van der Waals surface area contributed by atoms with Crippen LogP contribution >= 0.6 is 11.3 Å². The van der Waals surface area contributed by atoms with Gasteiger partial charge >= 0.3 is 0 Å². The van der Waals surface area contributed by atoms with Crippen molar-refractivity contribution in [1.29, 1.82) is 0 Å². The number of rotatable bonds is 4. The molecule has 32 heavy (non-hydrogen) atoms. The van der Waals surface area contributed by atoms with Crippen molar-refractivity contribution < 1.29 is 9.59 Å². The molecule has 0 radical (unpaired) electrons. The van der Waals surface area contributed by atoms with E-state index in [1.807, 2.05) is 23.0 Å². The number of carbonyl (C=O) groups excluding carboxylic acids is 2. The summed E-state index contributed by atoms with van der Waals surface area (Å²) in [7, 11) is 1.95. The molecule has 3 aromatic rings. The van der Waals surface area contributed by atoms with Crippen molar-refractivity contribution in [3.8, 4) is 0 Å². The Labute approximate surface area is 192 Å². The van der Waals surface area contributed by atoms with Gasteiger partial charge in [-0.2, -0.15) is 0 Å². The quantitative estimate of drug-likeness (QED) is 0.605. The van der Waals surface area contributed by atoms with Gasteiger partial charge in [-0.15, -0.1) is 0 Å². The van der Waals surface area contributed by atoms with Crippen LogP contribution < -0.4 is 0 Å². The van der Waals surface area contributed by atoms with Gasteiger partial charge in [-0.3, -0.25) is 18.9 Å². The molecule has 1 saturated carbocycles. The molecule has 170 valence electrons. The van der Waals surface area contributed by atoms with Crippen LogP contribution in [-0.2, 0) is 11.3 Å². The van der Waals surface area contributed by atoms with Crippen LogP contribution in [0.1, 0.15) is 54.3 Å². The summed E-state index contributed by atoms with van der Waals surface area (Å²) >= 11 is 1.48. The van der Waals surface area contributed by atoms with E-state index in [9.17, 15) is 9.59 Å². The van der Waals surface area contributed by atoms with Crippen LogP contribution in [0.2, 0.25) is 0 Å². The van der Waals surface area contributed by atoms with E-state index in [1.165, 1.54) is 36.2 Å². The number of carbonyl (C=O) groups is 2. The Kier molecular flexibility index (Phi) is 5.90. The normalized spacial score (nSPS) is 18.5. The lowest BCUT2D eigenvalue weighted by Gasteiger charge is -2.34. The molecule has 7 nitrogen and oxygen atoms in total. The minimum atomic E-state index is 0.111. The SMILES string of the molecule is CC(=O)N1CCN(Cc2ccc3nc4sc(C(=O)N(C)C5CCCCC5)cn4c3c2)CC1. The van der Waals surface area contributed by atoms with Crippen molar-refractivity contribution in [2.45, 2.75) is 51.6 Å². The zero-order valence-electron chi connectivity index (χ0n) is 18.9. The molecule has 1 aliphatic heterocycles. The maximum absolute atomic E-state index is 13.1. The van der Waals surface area contributed by atoms with Crippen molar-refractivity contribution in [3.05, 3.63) is 34.8 Å². The van der Waals surface area contributed by atoms with E-state index >= 15 is 0 Å². The summed E-state index contributed by atoms with van der Waals surface area (Å²) in [6.45, 7) is 5.86. The van der Waals surface area contributed by atoms with Gasteiger partial charge in [0.2, 0.25) is 5.91 Å². The Bertz CT molecular complexity index is 1140. The van der Waals surface area contributed by atoms with Gasteiger partial charge in [0.25, 0.3) is 5.91 Å². The lowest BCUT2D eigenvalue weighted by molar-refractivity contribution is -0.130. The number of thiazole rings is 1. The van der Waals surface area contributed by atoms with Gasteiger partial charge < -0.3 is 9.80 Å². The highest BCUT2D eigenvalue weighted by atomic mass is 32.1. The van der Waals surface area contributed by atoms with Crippen molar-refractivity contribution in [2.75, 3.05) is 33.2 Å². The molecular formula is C24H31N5O2S. The molecule has 8 heteroatoms. The van der Waals surface area contributed by atoms with Gasteiger partial charge in [0, 0.05) is 58.9 Å². The Morgan fingerprint density at radius 3 is 2.59 bits per heavy atom. The summed E-state index contributed by atoms with van der Waals surface area (Å²) in [4.78, 5) is 37.3. The summed E-state index contributed by atoms with van der Waals surface area (Å²) in [6.07, 6.45) is 7.90. The molecule has 2 fully saturated rings. The molecule has 0 atom stereocenters. The predicted octanol–water partition coefficient (Wildman–Crippen LogP) is 3.62. The monoisotopic (exact) mass is 453 g/mol. The molecule has 0 spiro atoms. The third kappa shape index (κ3) is 4.13. The average Bonchev–Trinajstić information content (AvgIpc) is 3.37. The van der Waals surface area contributed by atoms with Crippen molar-refractivity contribution >= 4 is 39.1 Å². The van der Waals surface area contributed by atoms with Crippen LogP contribution in [0.25, 0.3) is 16.0 Å². The Morgan fingerprint density at radius 1 is 1.12 bits per heavy atom.